The molecule has 2 aliphatic heterocycles. The van der Waals surface area contributed by atoms with Crippen LogP contribution >= 0.6 is 11.3 Å². The summed E-state index contributed by atoms with van der Waals surface area (Å²) in [7, 11) is -2.54. The molecule has 1 amide bonds. The van der Waals surface area contributed by atoms with Crippen molar-refractivity contribution in [3.05, 3.63) is 47.9 Å². The van der Waals surface area contributed by atoms with Gasteiger partial charge in [-0.2, -0.15) is 9.61 Å². The number of piperidine rings is 1. The van der Waals surface area contributed by atoms with Gasteiger partial charge in [0.2, 0.25) is 0 Å². The maximum absolute atomic E-state index is 13.3. The first kappa shape index (κ1) is 38.5. The highest BCUT2D eigenvalue weighted by atomic mass is 32.1. The molecule has 0 N–H and O–H groups in total. The quantitative estimate of drug-likeness (QED) is 0.0707. The van der Waals surface area contributed by atoms with E-state index < -0.39 is 21.7 Å². The number of hydrogen-bond donors (Lipinski definition) is 0. The molecule has 4 aromatic heterocycles. The van der Waals surface area contributed by atoms with Gasteiger partial charge < -0.3 is 24.0 Å². The number of hydrogen-bond acceptors (Lipinski definition) is 10. The molecule has 14 heteroatoms. The highest BCUT2D eigenvalue weighted by Gasteiger charge is 2.45. The van der Waals surface area contributed by atoms with Crippen molar-refractivity contribution in [1.29, 1.82) is 0 Å². The maximum Gasteiger partial charge on any atom is 0.410 e. The fraction of sp³-hybridized carbons (Fsp3) is 0.605. The van der Waals surface area contributed by atoms with Gasteiger partial charge >= 0.3 is 6.09 Å². The van der Waals surface area contributed by atoms with E-state index in [0.717, 1.165) is 76.8 Å². The van der Waals surface area contributed by atoms with E-state index in [2.05, 4.69) is 61.3 Å². The normalized spacial score (nSPS) is 19.4. The molecule has 0 unspecified atom stereocenters. The van der Waals surface area contributed by atoms with Gasteiger partial charge in [0, 0.05) is 88.0 Å². The lowest BCUT2D eigenvalue weighted by atomic mass is 9.88. The van der Waals surface area contributed by atoms with Gasteiger partial charge in [-0.15, -0.1) is 11.3 Å². The van der Waals surface area contributed by atoms with Crippen LogP contribution in [0.4, 0.5) is 10.6 Å². The molecule has 0 radical (unpaired) electrons. The number of carbonyl (C=O) groups excluding carboxylic acids is 1. The molecular weight excluding hydrogens is 707 g/mol. The Morgan fingerprint density at radius 2 is 1.60 bits per heavy atom. The topological polar surface area (TPSA) is 107 Å². The number of anilines is 1. The summed E-state index contributed by atoms with van der Waals surface area (Å²) in [6, 6.07) is 8.69. The van der Waals surface area contributed by atoms with Crippen molar-refractivity contribution >= 4 is 45.0 Å². The van der Waals surface area contributed by atoms with E-state index >= 15 is 0 Å². The summed E-state index contributed by atoms with van der Waals surface area (Å²) in [6.45, 7) is 22.2. The highest BCUT2D eigenvalue weighted by molar-refractivity contribution is 7.13. The number of ether oxygens (including phenoxy) is 3. The highest BCUT2D eigenvalue weighted by Crippen LogP contribution is 2.44. The summed E-state index contributed by atoms with van der Waals surface area (Å²) in [4.78, 5) is 32.0. The average molecular weight is 764 g/mol. The van der Waals surface area contributed by atoms with E-state index in [-0.39, 0.29) is 24.1 Å². The molecule has 52 heavy (non-hydrogen) atoms. The van der Waals surface area contributed by atoms with Crippen LogP contribution in [0.2, 0.25) is 51.4 Å². The first-order valence-electron chi connectivity index (χ1n) is 18.7. The number of aromatic nitrogens is 5. The smallest absolute Gasteiger partial charge is 0.410 e. The van der Waals surface area contributed by atoms with E-state index in [1.54, 1.807) is 17.5 Å². The zero-order chi connectivity index (χ0) is 37.3. The van der Waals surface area contributed by atoms with E-state index in [9.17, 15) is 4.79 Å². The molecule has 0 aliphatic carbocycles. The van der Waals surface area contributed by atoms with Crippen molar-refractivity contribution < 1.29 is 19.0 Å². The molecule has 0 saturated carbocycles. The average Bonchev–Trinajstić information content (AvgIpc) is 3.80. The van der Waals surface area contributed by atoms with Crippen LogP contribution in [0.25, 0.3) is 27.5 Å². The van der Waals surface area contributed by atoms with Gasteiger partial charge in [-0.3, -0.25) is 4.98 Å². The minimum atomic E-state index is -1.27. The van der Waals surface area contributed by atoms with Gasteiger partial charge in [-0.05, 0) is 64.6 Å². The molecule has 2 saturated heterocycles. The number of amides is 1. The van der Waals surface area contributed by atoms with Crippen molar-refractivity contribution in [3.8, 4) is 21.8 Å². The van der Waals surface area contributed by atoms with Crippen LogP contribution in [0, 0.1) is 0 Å². The molecule has 2 aliphatic rings. The summed E-state index contributed by atoms with van der Waals surface area (Å²) in [6.07, 6.45) is 9.01. The van der Waals surface area contributed by atoms with Crippen molar-refractivity contribution in [2.24, 2.45) is 0 Å². The predicted octanol–water partition coefficient (Wildman–Crippen LogP) is 8.99. The lowest BCUT2D eigenvalue weighted by Gasteiger charge is -2.39. The number of carbonyl (C=O) groups is 1. The Kier molecular flexibility index (Phi) is 11.6. The zero-order valence-electron chi connectivity index (χ0n) is 32.5. The Morgan fingerprint density at radius 3 is 2.13 bits per heavy atom. The molecule has 4 aromatic rings. The first-order valence-corrected chi connectivity index (χ1v) is 27.0. The second kappa shape index (κ2) is 15.7. The first-order chi connectivity index (χ1) is 24.5. The van der Waals surface area contributed by atoms with Gasteiger partial charge in [-0.1, -0.05) is 45.3 Å². The second-order valence-electron chi connectivity index (χ2n) is 17.8. The maximum atomic E-state index is 13.3. The monoisotopic (exact) mass is 763 g/mol. The van der Waals surface area contributed by atoms with Gasteiger partial charge in [0.25, 0.3) is 0 Å². The minimum absolute atomic E-state index is 0.123. The Bertz CT molecular complexity index is 1760. The van der Waals surface area contributed by atoms with E-state index in [1.165, 1.54) is 0 Å². The summed E-state index contributed by atoms with van der Waals surface area (Å²) < 4.78 is 20.5. The van der Waals surface area contributed by atoms with Crippen molar-refractivity contribution in [3.63, 3.8) is 0 Å². The third kappa shape index (κ3) is 9.67. The summed E-state index contributed by atoms with van der Waals surface area (Å²) in [5.41, 5.74) is 3.94. The van der Waals surface area contributed by atoms with E-state index in [0.29, 0.717) is 26.7 Å². The molecule has 2 bridgehead atoms. The summed E-state index contributed by atoms with van der Waals surface area (Å²) in [5, 5.41) is 7.78. The number of pyridine rings is 1. The summed E-state index contributed by atoms with van der Waals surface area (Å²) >= 11 is 1.57. The number of thiazole rings is 1. The Morgan fingerprint density at radius 1 is 0.942 bits per heavy atom. The summed E-state index contributed by atoms with van der Waals surface area (Å²) in [5.74, 6) is 1.07. The minimum Gasteiger partial charge on any atom is -0.444 e. The van der Waals surface area contributed by atoms with Crippen LogP contribution in [0.3, 0.4) is 0 Å². The van der Waals surface area contributed by atoms with Crippen LogP contribution in [0.1, 0.15) is 58.1 Å². The van der Waals surface area contributed by atoms with Crippen molar-refractivity contribution in [2.75, 3.05) is 31.6 Å². The lowest BCUT2D eigenvalue weighted by molar-refractivity contribution is 0.00569. The lowest BCUT2D eigenvalue weighted by Crippen LogP contribution is -2.48. The van der Waals surface area contributed by atoms with Crippen molar-refractivity contribution in [2.45, 2.75) is 121 Å². The Balaban J connectivity index is 1.36. The molecule has 3 atom stereocenters. The van der Waals surface area contributed by atoms with Crippen LogP contribution < -0.4 is 4.90 Å². The fourth-order valence-electron chi connectivity index (χ4n) is 6.94. The van der Waals surface area contributed by atoms with Crippen LogP contribution in [-0.4, -0.2) is 96.1 Å². The van der Waals surface area contributed by atoms with Crippen LogP contribution in [0.5, 0.6) is 0 Å². The van der Waals surface area contributed by atoms with Gasteiger partial charge in [-0.25, -0.2) is 14.8 Å². The van der Waals surface area contributed by atoms with Gasteiger partial charge in [0.1, 0.15) is 29.9 Å². The van der Waals surface area contributed by atoms with E-state index in [4.69, 9.17) is 29.3 Å². The largest absolute Gasteiger partial charge is 0.444 e. The molecule has 0 spiro atoms. The molecule has 2 fully saturated rings. The molecule has 0 aromatic carbocycles. The Labute approximate surface area is 315 Å². The van der Waals surface area contributed by atoms with Gasteiger partial charge in [0.15, 0.2) is 5.65 Å². The zero-order valence-corrected chi connectivity index (χ0v) is 35.3. The van der Waals surface area contributed by atoms with Crippen molar-refractivity contribution in [1.82, 2.24) is 29.5 Å². The second-order valence-corrected chi connectivity index (χ2v) is 29.9. The number of rotatable bonds is 14. The molecule has 282 valence electrons. The number of nitrogens with zero attached hydrogens (tertiary/aromatic N) is 7. The SMILES string of the molecule is CC(C)(C)OC(=O)N1[C@@H]2CC[C@H]1C[C@@H](c1cc(N(COCC[Si](C)(C)C)COCC[Si](C)(C)C)n3ncc(-c4ccc(-c5nccs5)nc4)c3n1)C2. The third-order valence-electron chi connectivity index (χ3n) is 9.77. The van der Waals surface area contributed by atoms with Crippen LogP contribution in [0.15, 0.2) is 42.2 Å². The standard InChI is InChI=1S/C38H57N7O4SSi2/c1-38(2,3)49-37(46)44-29-11-12-30(44)21-28(20-29)33-22-34(43(25-47-15-18-51(4,5)6)26-48-16-19-52(7,8)9)45-35(42-33)31(24-41-45)27-10-13-32(40-23-27)36-39-14-17-50-36/h10,13-14,17,22-24,28-30H,11-12,15-16,18-21,25-26H2,1-9H3/t28-,29+,30-. The molecule has 11 nitrogen and oxygen atoms in total. The number of fused-ring (bicyclic) bond motifs is 3. The molecular formula is C38H57N7O4SSi2. The molecule has 6 heterocycles. The Hall–Kier alpha value is -3.18. The third-order valence-corrected chi connectivity index (χ3v) is 14.0. The van der Waals surface area contributed by atoms with Crippen LogP contribution in [-0.2, 0) is 14.2 Å². The molecule has 6 rings (SSSR count). The predicted molar refractivity (Wildman–Crippen MR) is 215 cm³/mol. The van der Waals surface area contributed by atoms with Gasteiger partial charge in [0.05, 0.1) is 11.9 Å². The fourth-order valence-corrected chi connectivity index (χ4v) is 9.07. The van der Waals surface area contributed by atoms with E-state index in [1.807, 2.05) is 54.0 Å².